The van der Waals surface area contributed by atoms with Crippen LogP contribution in [-0.4, -0.2) is 21.1 Å². The Hall–Kier alpha value is -1.71. The molecule has 0 bridgehead atoms. The van der Waals surface area contributed by atoms with E-state index >= 15 is 0 Å². The number of aromatic hydroxyl groups is 3. The van der Waals surface area contributed by atoms with E-state index in [4.69, 9.17) is 5.11 Å². The zero-order valence-electron chi connectivity index (χ0n) is 10.6. The van der Waals surface area contributed by atoms with Gasteiger partial charge in [-0.05, 0) is 6.42 Å². The molecule has 0 amide bonds. The van der Waals surface area contributed by atoms with Gasteiger partial charge in [-0.25, -0.2) is 0 Å². The van der Waals surface area contributed by atoms with E-state index in [1.807, 2.05) is 0 Å². The van der Waals surface area contributed by atoms with Gasteiger partial charge in [-0.1, -0.05) is 32.6 Å². The van der Waals surface area contributed by atoms with Gasteiger partial charge in [0.05, 0.1) is 0 Å². The van der Waals surface area contributed by atoms with Crippen molar-refractivity contribution in [2.24, 2.45) is 0 Å². The molecule has 4 nitrogen and oxygen atoms in total. The average Bonchev–Trinajstić information content (AvgIpc) is 2.27. The average molecular weight is 252 g/mol. The molecule has 0 atom stereocenters. The SMILES string of the molecule is CCCCCCCC(=O)c1c(O)cc(O)cc1O. The Morgan fingerprint density at radius 2 is 1.56 bits per heavy atom. The molecule has 0 aliphatic rings. The van der Waals surface area contributed by atoms with E-state index < -0.39 is 0 Å². The van der Waals surface area contributed by atoms with Crippen LogP contribution in [0.25, 0.3) is 0 Å². The fourth-order valence-electron chi connectivity index (χ4n) is 1.90. The molecule has 0 saturated heterocycles. The van der Waals surface area contributed by atoms with Crippen LogP contribution in [0.4, 0.5) is 0 Å². The van der Waals surface area contributed by atoms with Crippen LogP contribution in [0.3, 0.4) is 0 Å². The highest BCUT2D eigenvalue weighted by Crippen LogP contribution is 2.33. The van der Waals surface area contributed by atoms with Crippen molar-refractivity contribution >= 4 is 5.78 Å². The van der Waals surface area contributed by atoms with E-state index in [1.54, 1.807) is 0 Å². The highest BCUT2D eigenvalue weighted by atomic mass is 16.3. The number of hydrogen-bond acceptors (Lipinski definition) is 4. The highest BCUT2D eigenvalue weighted by Gasteiger charge is 2.17. The third-order valence-corrected chi connectivity index (χ3v) is 2.87. The Labute approximate surface area is 107 Å². The molecular weight excluding hydrogens is 232 g/mol. The number of hydrogen-bond donors (Lipinski definition) is 3. The molecule has 0 radical (unpaired) electrons. The molecule has 18 heavy (non-hydrogen) atoms. The monoisotopic (exact) mass is 252 g/mol. The second-order valence-electron chi connectivity index (χ2n) is 4.45. The molecule has 0 aliphatic heterocycles. The van der Waals surface area contributed by atoms with E-state index in [9.17, 15) is 15.0 Å². The molecule has 1 rings (SSSR count). The third-order valence-electron chi connectivity index (χ3n) is 2.87. The summed E-state index contributed by atoms with van der Waals surface area (Å²) in [7, 11) is 0. The summed E-state index contributed by atoms with van der Waals surface area (Å²) in [4.78, 5) is 11.8. The van der Waals surface area contributed by atoms with Crippen molar-refractivity contribution in [3.8, 4) is 17.2 Å². The van der Waals surface area contributed by atoms with E-state index in [1.165, 1.54) is 0 Å². The van der Waals surface area contributed by atoms with Gasteiger partial charge in [0.15, 0.2) is 5.78 Å². The first-order valence-electron chi connectivity index (χ1n) is 6.34. The van der Waals surface area contributed by atoms with Crippen molar-refractivity contribution in [2.45, 2.75) is 45.4 Å². The van der Waals surface area contributed by atoms with Gasteiger partial charge in [-0.3, -0.25) is 4.79 Å². The van der Waals surface area contributed by atoms with Crippen molar-refractivity contribution in [1.82, 2.24) is 0 Å². The normalized spacial score (nSPS) is 10.5. The number of rotatable bonds is 7. The van der Waals surface area contributed by atoms with E-state index in [2.05, 4.69) is 6.92 Å². The minimum absolute atomic E-state index is 0.0942. The maximum atomic E-state index is 11.8. The second kappa shape index (κ2) is 6.89. The lowest BCUT2D eigenvalue weighted by atomic mass is 10.0. The lowest BCUT2D eigenvalue weighted by Crippen LogP contribution is -2.00. The largest absolute Gasteiger partial charge is 0.508 e. The second-order valence-corrected chi connectivity index (χ2v) is 4.45. The number of ketones is 1. The van der Waals surface area contributed by atoms with Crippen LogP contribution < -0.4 is 0 Å². The van der Waals surface area contributed by atoms with Gasteiger partial charge >= 0.3 is 0 Å². The Morgan fingerprint density at radius 3 is 2.11 bits per heavy atom. The summed E-state index contributed by atoms with van der Waals surface area (Å²) in [6, 6.07) is 2.12. The van der Waals surface area contributed by atoms with Crippen LogP contribution in [0.15, 0.2) is 12.1 Å². The highest BCUT2D eigenvalue weighted by molar-refractivity contribution is 6.01. The summed E-state index contributed by atoms with van der Waals surface area (Å²) in [5.41, 5.74) is -0.0942. The van der Waals surface area contributed by atoms with Gasteiger partial charge in [0.25, 0.3) is 0 Å². The summed E-state index contributed by atoms with van der Waals surface area (Å²) < 4.78 is 0. The van der Waals surface area contributed by atoms with Crippen molar-refractivity contribution in [3.05, 3.63) is 17.7 Å². The Morgan fingerprint density at radius 1 is 1.00 bits per heavy atom. The molecule has 1 aromatic rings. The molecular formula is C14H20O4. The molecule has 0 heterocycles. The summed E-state index contributed by atoms with van der Waals surface area (Å²) >= 11 is 0. The van der Waals surface area contributed by atoms with Crippen molar-refractivity contribution in [2.75, 3.05) is 0 Å². The number of carbonyl (C=O) groups is 1. The number of phenolic OH excluding ortho intramolecular Hbond substituents is 3. The van der Waals surface area contributed by atoms with Gasteiger partial charge in [-0.2, -0.15) is 0 Å². The maximum absolute atomic E-state index is 11.8. The minimum atomic E-state index is -0.369. The van der Waals surface area contributed by atoms with Crippen molar-refractivity contribution < 1.29 is 20.1 Å². The molecule has 0 unspecified atom stereocenters. The van der Waals surface area contributed by atoms with Crippen LogP contribution in [0, 0.1) is 0 Å². The standard InChI is InChI=1S/C14H20O4/c1-2-3-4-5-6-7-11(16)14-12(17)8-10(15)9-13(14)18/h8-9,15,17-18H,2-7H2,1H3. The lowest BCUT2D eigenvalue weighted by Gasteiger charge is -2.07. The Kier molecular flexibility index (Phi) is 5.49. The molecule has 0 saturated carbocycles. The van der Waals surface area contributed by atoms with Gasteiger partial charge in [0.2, 0.25) is 0 Å². The number of benzene rings is 1. The Balaban J connectivity index is 2.57. The quantitative estimate of drug-likeness (QED) is 0.513. The van der Waals surface area contributed by atoms with E-state index in [0.717, 1.165) is 44.2 Å². The lowest BCUT2D eigenvalue weighted by molar-refractivity contribution is 0.0973. The third kappa shape index (κ3) is 3.95. The summed E-state index contributed by atoms with van der Waals surface area (Å²) in [5.74, 6) is -1.29. The molecule has 1 aromatic carbocycles. The van der Waals surface area contributed by atoms with Gasteiger partial charge in [-0.15, -0.1) is 0 Å². The molecule has 0 aliphatic carbocycles. The topological polar surface area (TPSA) is 77.8 Å². The summed E-state index contributed by atoms with van der Waals surface area (Å²) in [6.45, 7) is 2.12. The van der Waals surface area contributed by atoms with Gasteiger partial charge in [0.1, 0.15) is 22.8 Å². The van der Waals surface area contributed by atoms with E-state index in [-0.39, 0.29) is 28.6 Å². The van der Waals surface area contributed by atoms with Crippen molar-refractivity contribution in [1.29, 1.82) is 0 Å². The fraction of sp³-hybridized carbons (Fsp3) is 0.500. The maximum Gasteiger partial charge on any atom is 0.170 e. The van der Waals surface area contributed by atoms with Crippen LogP contribution in [0.1, 0.15) is 55.8 Å². The minimum Gasteiger partial charge on any atom is -0.508 e. The number of Topliss-reactive ketones (excluding diaryl/α,β-unsaturated/α-hetero) is 1. The molecule has 0 spiro atoms. The Bertz CT molecular complexity index is 389. The van der Waals surface area contributed by atoms with Crippen LogP contribution >= 0.6 is 0 Å². The van der Waals surface area contributed by atoms with Gasteiger partial charge in [0, 0.05) is 18.6 Å². The molecule has 3 N–H and O–H groups in total. The zero-order valence-corrected chi connectivity index (χ0v) is 10.6. The van der Waals surface area contributed by atoms with Gasteiger partial charge < -0.3 is 15.3 Å². The summed E-state index contributed by atoms with van der Waals surface area (Å²) in [5, 5.41) is 28.2. The molecule has 0 aromatic heterocycles. The first-order chi connectivity index (χ1) is 8.56. The van der Waals surface area contributed by atoms with Crippen molar-refractivity contribution in [3.63, 3.8) is 0 Å². The number of phenols is 3. The fourth-order valence-corrected chi connectivity index (χ4v) is 1.90. The number of unbranched alkanes of at least 4 members (excludes halogenated alkanes) is 4. The van der Waals surface area contributed by atoms with Crippen LogP contribution in [0.2, 0.25) is 0 Å². The molecule has 0 fully saturated rings. The first-order valence-corrected chi connectivity index (χ1v) is 6.34. The van der Waals surface area contributed by atoms with E-state index in [0.29, 0.717) is 6.42 Å². The predicted octanol–water partition coefficient (Wildman–Crippen LogP) is 3.35. The zero-order chi connectivity index (χ0) is 13.5. The molecule has 100 valence electrons. The smallest absolute Gasteiger partial charge is 0.170 e. The molecule has 4 heteroatoms. The van der Waals surface area contributed by atoms with Crippen LogP contribution in [-0.2, 0) is 0 Å². The number of carbonyl (C=O) groups excluding carboxylic acids is 1. The summed E-state index contributed by atoms with van der Waals surface area (Å²) in [6.07, 6.45) is 5.42. The first kappa shape index (κ1) is 14.4. The van der Waals surface area contributed by atoms with Crippen LogP contribution in [0.5, 0.6) is 17.2 Å². The predicted molar refractivity (Wildman–Crippen MR) is 69.1 cm³/mol.